The second-order valence-corrected chi connectivity index (χ2v) is 5.78. The van der Waals surface area contributed by atoms with E-state index < -0.39 is 12.0 Å². The zero-order valence-electron chi connectivity index (χ0n) is 14.4. The first-order valence-electron chi connectivity index (χ1n) is 8.10. The van der Waals surface area contributed by atoms with Crippen molar-refractivity contribution in [3.8, 4) is 17.1 Å². The van der Waals surface area contributed by atoms with Gasteiger partial charge in [0.1, 0.15) is 12.4 Å². The van der Waals surface area contributed by atoms with Gasteiger partial charge in [-0.1, -0.05) is 24.3 Å². The van der Waals surface area contributed by atoms with Gasteiger partial charge in [-0.15, -0.1) is 10.2 Å². The number of hydrogen-bond acceptors (Lipinski definition) is 7. The van der Waals surface area contributed by atoms with Crippen LogP contribution in [0, 0.1) is 0 Å². The summed E-state index contributed by atoms with van der Waals surface area (Å²) in [5, 5.41) is 8.50. The molecule has 0 saturated carbocycles. The molecular formula is C18H20N6O2. The van der Waals surface area contributed by atoms with E-state index in [2.05, 4.69) is 19.9 Å². The Labute approximate surface area is 150 Å². The van der Waals surface area contributed by atoms with Crippen LogP contribution in [-0.4, -0.2) is 38.9 Å². The summed E-state index contributed by atoms with van der Waals surface area (Å²) in [6.45, 7) is 0.507. The maximum atomic E-state index is 11.4. The van der Waals surface area contributed by atoms with Crippen LogP contribution in [0.4, 0.5) is 0 Å². The average molecular weight is 352 g/mol. The van der Waals surface area contributed by atoms with Crippen molar-refractivity contribution in [3.63, 3.8) is 0 Å². The van der Waals surface area contributed by atoms with Gasteiger partial charge in [-0.05, 0) is 17.7 Å². The zero-order chi connectivity index (χ0) is 18.5. The van der Waals surface area contributed by atoms with Gasteiger partial charge in [0.25, 0.3) is 0 Å². The predicted molar refractivity (Wildman–Crippen MR) is 96.2 cm³/mol. The highest BCUT2D eigenvalue weighted by molar-refractivity contribution is 5.75. The molecule has 1 atom stereocenters. The number of aromatic nitrogens is 4. The van der Waals surface area contributed by atoms with E-state index in [4.69, 9.17) is 11.5 Å². The maximum Gasteiger partial charge on any atom is 0.323 e. The Hall–Kier alpha value is -3.10. The van der Waals surface area contributed by atoms with E-state index in [0.29, 0.717) is 24.5 Å². The molecule has 0 radical (unpaired) electrons. The van der Waals surface area contributed by atoms with E-state index in [-0.39, 0.29) is 0 Å². The molecule has 134 valence electrons. The average Bonchev–Trinajstić information content (AvgIpc) is 3.16. The molecule has 0 saturated heterocycles. The van der Waals surface area contributed by atoms with Crippen LogP contribution in [0.3, 0.4) is 0 Å². The van der Waals surface area contributed by atoms with Gasteiger partial charge in [-0.25, -0.2) is 4.98 Å². The number of benzene rings is 1. The van der Waals surface area contributed by atoms with Crippen molar-refractivity contribution >= 4 is 5.97 Å². The fourth-order valence-corrected chi connectivity index (χ4v) is 2.48. The summed E-state index contributed by atoms with van der Waals surface area (Å²) in [6, 6.07) is 10.9. The van der Waals surface area contributed by atoms with Gasteiger partial charge in [-0.2, -0.15) is 0 Å². The van der Waals surface area contributed by atoms with Crippen molar-refractivity contribution in [1.29, 1.82) is 0 Å². The largest absolute Gasteiger partial charge is 0.468 e. The van der Waals surface area contributed by atoms with Gasteiger partial charge in [0.05, 0.1) is 18.5 Å². The lowest BCUT2D eigenvalue weighted by Gasteiger charge is -2.06. The molecule has 0 fully saturated rings. The summed E-state index contributed by atoms with van der Waals surface area (Å²) in [5.74, 6) is 0.155. The standard InChI is InChI=1S/C18H20N6O2/c1-26-18(25)15(20)8-14-10-24(11-21-14)17-7-6-16(22-23-17)13-4-2-12(9-19)3-5-13/h2-7,10-11,15H,8-9,19-20H2,1H3. The van der Waals surface area contributed by atoms with Crippen LogP contribution < -0.4 is 11.5 Å². The first kappa shape index (κ1) is 17.7. The van der Waals surface area contributed by atoms with E-state index in [1.807, 2.05) is 36.4 Å². The number of esters is 1. The molecule has 8 nitrogen and oxygen atoms in total. The Morgan fingerprint density at radius 3 is 2.58 bits per heavy atom. The highest BCUT2D eigenvalue weighted by Crippen LogP contribution is 2.18. The van der Waals surface area contributed by atoms with Crippen LogP contribution >= 0.6 is 0 Å². The van der Waals surface area contributed by atoms with Gasteiger partial charge < -0.3 is 16.2 Å². The number of rotatable bonds is 6. The number of hydrogen-bond donors (Lipinski definition) is 2. The quantitative estimate of drug-likeness (QED) is 0.630. The number of ether oxygens (including phenoxy) is 1. The van der Waals surface area contributed by atoms with E-state index in [1.54, 1.807) is 17.1 Å². The molecule has 0 aliphatic rings. The molecule has 2 aromatic heterocycles. The van der Waals surface area contributed by atoms with Crippen molar-refractivity contribution < 1.29 is 9.53 Å². The van der Waals surface area contributed by atoms with Crippen molar-refractivity contribution in [1.82, 2.24) is 19.7 Å². The minimum Gasteiger partial charge on any atom is -0.468 e. The smallest absolute Gasteiger partial charge is 0.323 e. The van der Waals surface area contributed by atoms with Crippen LogP contribution in [0.15, 0.2) is 48.9 Å². The van der Waals surface area contributed by atoms with Crippen LogP contribution in [0.5, 0.6) is 0 Å². The lowest BCUT2D eigenvalue weighted by molar-refractivity contribution is -0.142. The minimum atomic E-state index is -0.742. The third-order valence-electron chi connectivity index (χ3n) is 3.97. The van der Waals surface area contributed by atoms with E-state index in [0.717, 1.165) is 16.8 Å². The van der Waals surface area contributed by atoms with E-state index >= 15 is 0 Å². The van der Waals surface area contributed by atoms with Crippen molar-refractivity contribution in [2.24, 2.45) is 11.5 Å². The van der Waals surface area contributed by atoms with Gasteiger partial charge in [-0.3, -0.25) is 9.36 Å². The topological polar surface area (TPSA) is 122 Å². The maximum absolute atomic E-state index is 11.4. The third kappa shape index (κ3) is 3.93. The Morgan fingerprint density at radius 1 is 1.19 bits per heavy atom. The number of imidazole rings is 1. The zero-order valence-corrected chi connectivity index (χ0v) is 14.4. The van der Waals surface area contributed by atoms with Gasteiger partial charge in [0, 0.05) is 24.7 Å². The van der Waals surface area contributed by atoms with Crippen LogP contribution in [0.2, 0.25) is 0 Å². The van der Waals surface area contributed by atoms with E-state index in [1.165, 1.54) is 7.11 Å². The SMILES string of the molecule is COC(=O)C(N)Cc1cn(-c2ccc(-c3ccc(CN)cc3)nn2)cn1. The monoisotopic (exact) mass is 352 g/mol. The Morgan fingerprint density at radius 2 is 1.96 bits per heavy atom. The molecule has 4 N–H and O–H groups in total. The van der Waals surface area contributed by atoms with Gasteiger partial charge in [0.2, 0.25) is 0 Å². The minimum absolute atomic E-state index is 0.290. The summed E-state index contributed by atoms with van der Waals surface area (Å²) in [4.78, 5) is 15.6. The van der Waals surface area contributed by atoms with Gasteiger partial charge in [0.15, 0.2) is 5.82 Å². The third-order valence-corrected chi connectivity index (χ3v) is 3.97. The van der Waals surface area contributed by atoms with Gasteiger partial charge >= 0.3 is 5.97 Å². The van der Waals surface area contributed by atoms with Crippen LogP contribution in [0.25, 0.3) is 17.1 Å². The number of nitrogens with two attached hydrogens (primary N) is 2. The molecule has 1 aromatic carbocycles. The fourth-order valence-electron chi connectivity index (χ4n) is 2.48. The molecule has 0 bridgehead atoms. The molecule has 8 heteroatoms. The number of carbonyl (C=O) groups excluding carboxylic acids is 1. The van der Waals surface area contributed by atoms with Crippen molar-refractivity contribution in [3.05, 3.63) is 60.2 Å². The molecule has 26 heavy (non-hydrogen) atoms. The Kier molecular flexibility index (Phi) is 5.35. The molecule has 0 aliphatic carbocycles. The lowest BCUT2D eigenvalue weighted by Crippen LogP contribution is -2.33. The van der Waals surface area contributed by atoms with Crippen LogP contribution in [-0.2, 0) is 22.5 Å². The first-order chi connectivity index (χ1) is 12.6. The van der Waals surface area contributed by atoms with Crippen molar-refractivity contribution in [2.45, 2.75) is 19.0 Å². The number of nitrogens with zero attached hydrogens (tertiary/aromatic N) is 4. The Bertz CT molecular complexity index is 873. The second-order valence-electron chi connectivity index (χ2n) is 5.78. The highest BCUT2D eigenvalue weighted by atomic mass is 16.5. The normalized spacial score (nSPS) is 12.0. The second kappa shape index (κ2) is 7.85. The van der Waals surface area contributed by atoms with E-state index in [9.17, 15) is 4.79 Å². The molecule has 3 aromatic rings. The summed E-state index contributed by atoms with van der Waals surface area (Å²) >= 11 is 0. The lowest BCUT2D eigenvalue weighted by atomic mass is 10.1. The number of carbonyl (C=O) groups is 1. The summed E-state index contributed by atoms with van der Waals surface area (Å²) in [7, 11) is 1.31. The van der Waals surface area contributed by atoms with Crippen molar-refractivity contribution in [2.75, 3.05) is 7.11 Å². The first-order valence-corrected chi connectivity index (χ1v) is 8.10. The molecular weight excluding hydrogens is 332 g/mol. The summed E-state index contributed by atoms with van der Waals surface area (Å²) in [6.07, 6.45) is 3.67. The summed E-state index contributed by atoms with van der Waals surface area (Å²) in [5.41, 5.74) is 14.8. The fraction of sp³-hybridized carbons (Fsp3) is 0.222. The Balaban J connectivity index is 1.73. The molecule has 0 spiro atoms. The predicted octanol–water partition coefficient (Wildman–Crippen LogP) is 0.831. The number of methoxy groups -OCH3 is 1. The highest BCUT2D eigenvalue weighted by Gasteiger charge is 2.16. The molecule has 0 amide bonds. The van der Waals surface area contributed by atoms with Crippen LogP contribution in [0.1, 0.15) is 11.3 Å². The molecule has 1 unspecified atom stereocenters. The molecule has 2 heterocycles. The molecule has 0 aliphatic heterocycles. The molecule has 3 rings (SSSR count). The summed E-state index contributed by atoms with van der Waals surface area (Å²) < 4.78 is 6.35.